The van der Waals surface area contributed by atoms with Crippen molar-refractivity contribution in [2.24, 2.45) is 0 Å². The first-order valence-corrected chi connectivity index (χ1v) is 8.00. The summed E-state index contributed by atoms with van der Waals surface area (Å²) in [5, 5.41) is 2.86. The zero-order valence-corrected chi connectivity index (χ0v) is 14.6. The maximum atomic E-state index is 12.3. The molecule has 1 heterocycles. The lowest BCUT2D eigenvalue weighted by atomic mass is 10.3. The molecule has 7 nitrogen and oxygen atoms in total. The first-order valence-electron chi connectivity index (χ1n) is 8.00. The van der Waals surface area contributed by atoms with Crippen LogP contribution < -0.4 is 15.0 Å². The zero-order valence-electron chi connectivity index (χ0n) is 14.6. The number of carbonyl (C=O) groups is 2. The van der Waals surface area contributed by atoms with Crippen LogP contribution in [-0.2, 0) is 16.1 Å². The third-order valence-corrected chi connectivity index (χ3v) is 3.76. The van der Waals surface area contributed by atoms with Gasteiger partial charge in [-0.05, 0) is 31.2 Å². The molecule has 7 heteroatoms. The fourth-order valence-corrected chi connectivity index (χ4v) is 2.41. The molecule has 1 amide bonds. The first-order chi connectivity index (χ1) is 12.1. The molecule has 0 bridgehead atoms. The summed E-state index contributed by atoms with van der Waals surface area (Å²) in [4.78, 5) is 24.7. The van der Waals surface area contributed by atoms with E-state index in [0.29, 0.717) is 23.7 Å². The summed E-state index contributed by atoms with van der Waals surface area (Å²) >= 11 is 0. The fraction of sp³-hybridized carbons (Fsp3) is 0.333. The van der Waals surface area contributed by atoms with Crippen LogP contribution in [0.15, 0.2) is 40.8 Å². The van der Waals surface area contributed by atoms with E-state index in [1.807, 2.05) is 19.1 Å². The average Bonchev–Trinajstić information content (AvgIpc) is 3.09. The van der Waals surface area contributed by atoms with Gasteiger partial charge in [0, 0.05) is 0 Å². The molecular weight excluding hydrogens is 324 g/mol. The SMILES string of the molecule is CC[NH+](CC(=O)Nc1ccccc1OC)Cc1ccc(C(=O)OC)o1. The van der Waals surface area contributed by atoms with Gasteiger partial charge in [0.1, 0.15) is 12.3 Å². The quantitative estimate of drug-likeness (QED) is 0.699. The standard InChI is InChI=1S/C18H22N2O5/c1-4-20(11-13-9-10-16(25-13)18(22)24-3)12-17(21)19-14-7-5-6-8-15(14)23-2/h5-10H,4,11-12H2,1-3H3,(H,19,21)/p+1. The second-order valence-corrected chi connectivity index (χ2v) is 5.46. The van der Waals surface area contributed by atoms with Crippen LogP contribution in [0.25, 0.3) is 0 Å². The predicted octanol–water partition coefficient (Wildman–Crippen LogP) is 1.12. The maximum absolute atomic E-state index is 12.3. The molecule has 0 aliphatic rings. The summed E-state index contributed by atoms with van der Waals surface area (Å²) in [5.74, 6) is 0.760. The lowest BCUT2D eigenvalue weighted by Crippen LogP contribution is -3.11. The zero-order chi connectivity index (χ0) is 18.2. The molecule has 0 aliphatic carbocycles. The van der Waals surface area contributed by atoms with Gasteiger partial charge in [0.2, 0.25) is 5.76 Å². The number of furan rings is 1. The third-order valence-electron chi connectivity index (χ3n) is 3.76. The van der Waals surface area contributed by atoms with Crippen molar-refractivity contribution in [3.05, 3.63) is 47.9 Å². The van der Waals surface area contributed by atoms with Crippen LogP contribution in [0, 0.1) is 0 Å². The summed E-state index contributed by atoms with van der Waals surface area (Å²) in [6.07, 6.45) is 0. The highest BCUT2D eigenvalue weighted by atomic mass is 16.5. The molecule has 0 saturated heterocycles. The van der Waals surface area contributed by atoms with Crippen LogP contribution in [0.3, 0.4) is 0 Å². The highest BCUT2D eigenvalue weighted by molar-refractivity contribution is 5.92. The Hall–Kier alpha value is -2.80. The van der Waals surface area contributed by atoms with E-state index < -0.39 is 5.97 Å². The monoisotopic (exact) mass is 347 g/mol. The number of amides is 1. The highest BCUT2D eigenvalue weighted by Crippen LogP contribution is 2.22. The summed E-state index contributed by atoms with van der Waals surface area (Å²) in [6.45, 7) is 3.47. The Morgan fingerprint density at radius 1 is 1.16 bits per heavy atom. The number of nitrogens with one attached hydrogen (secondary N) is 2. The summed E-state index contributed by atoms with van der Waals surface area (Å²) in [7, 11) is 2.86. The van der Waals surface area contributed by atoms with Gasteiger partial charge in [-0.1, -0.05) is 12.1 Å². The minimum Gasteiger partial charge on any atom is -0.495 e. The van der Waals surface area contributed by atoms with Crippen LogP contribution in [0.1, 0.15) is 23.2 Å². The van der Waals surface area contributed by atoms with Gasteiger partial charge in [-0.25, -0.2) is 4.79 Å². The molecule has 1 unspecified atom stereocenters. The van der Waals surface area contributed by atoms with Gasteiger partial charge in [-0.3, -0.25) is 4.79 Å². The number of carbonyl (C=O) groups excluding carboxylic acids is 2. The van der Waals surface area contributed by atoms with Gasteiger partial charge in [-0.2, -0.15) is 0 Å². The van der Waals surface area contributed by atoms with Crippen molar-refractivity contribution in [3.63, 3.8) is 0 Å². The number of para-hydroxylation sites is 2. The summed E-state index contributed by atoms with van der Waals surface area (Å²) < 4.78 is 15.3. The molecule has 2 aromatic rings. The van der Waals surface area contributed by atoms with Crippen LogP contribution in [0.5, 0.6) is 5.75 Å². The molecule has 25 heavy (non-hydrogen) atoms. The van der Waals surface area contributed by atoms with Crippen LogP contribution in [-0.4, -0.2) is 39.2 Å². The Balaban J connectivity index is 1.95. The number of quaternary nitrogens is 1. The van der Waals surface area contributed by atoms with Crippen molar-refractivity contribution in [2.45, 2.75) is 13.5 Å². The van der Waals surface area contributed by atoms with Gasteiger partial charge in [0.05, 0.1) is 26.5 Å². The number of likely N-dealkylation sites (N-methyl/N-ethyl adjacent to an activating group) is 1. The minimum absolute atomic E-state index is 0.124. The molecule has 0 spiro atoms. The molecule has 2 N–H and O–H groups in total. The van der Waals surface area contributed by atoms with E-state index in [0.717, 1.165) is 11.4 Å². The summed E-state index contributed by atoms with van der Waals surface area (Å²) in [5.41, 5.74) is 0.636. The molecular formula is C18H23N2O5+. The molecule has 0 aliphatic heterocycles. The Labute approximate surface area is 146 Å². The number of hydrogen-bond donors (Lipinski definition) is 2. The summed E-state index contributed by atoms with van der Waals surface area (Å²) in [6, 6.07) is 10.5. The third kappa shape index (κ3) is 5.09. The molecule has 1 atom stereocenters. The largest absolute Gasteiger partial charge is 0.495 e. The van der Waals surface area contributed by atoms with E-state index >= 15 is 0 Å². The maximum Gasteiger partial charge on any atom is 0.373 e. The number of ether oxygens (including phenoxy) is 2. The van der Waals surface area contributed by atoms with Gasteiger partial charge in [0.15, 0.2) is 12.3 Å². The molecule has 134 valence electrons. The number of methoxy groups -OCH3 is 2. The predicted molar refractivity (Wildman–Crippen MR) is 91.7 cm³/mol. The molecule has 0 fully saturated rings. The van der Waals surface area contributed by atoms with Crippen molar-refractivity contribution in [3.8, 4) is 5.75 Å². The highest BCUT2D eigenvalue weighted by Gasteiger charge is 2.18. The van der Waals surface area contributed by atoms with Gasteiger partial charge >= 0.3 is 5.97 Å². The van der Waals surface area contributed by atoms with Crippen molar-refractivity contribution in [1.29, 1.82) is 0 Å². The van der Waals surface area contributed by atoms with Crippen molar-refractivity contribution >= 4 is 17.6 Å². The van der Waals surface area contributed by atoms with E-state index in [4.69, 9.17) is 9.15 Å². The van der Waals surface area contributed by atoms with E-state index in [2.05, 4.69) is 10.1 Å². The Morgan fingerprint density at radius 3 is 2.60 bits per heavy atom. The van der Waals surface area contributed by atoms with E-state index in [9.17, 15) is 9.59 Å². The number of hydrogen-bond acceptors (Lipinski definition) is 5. The molecule has 0 radical (unpaired) electrons. The van der Waals surface area contributed by atoms with E-state index in [1.165, 1.54) is 7.11 Å². The Kier molecular flexibility index (Phi) is 6.59. The van der Waals surface area contributed by atoms with Crippen LogP contribution in [0.2, 0.25) is 0 Å². The Bertz CT molecular complexity index is 726. The second-order valence-electron chi connectivity index (χ2n) is 5.46. The number of benzene rings is 1. The smallest absolute Gasteiger partial charge is 0.373 e. The fourth-order valence-electron chi connectivity index (χ4n) is 2.41. The lowest BCUT2D eigenvalue weighted by Gasteiger charge is -2.16. The lowest BCUT2D eigenvalue weighted by molar-refractivity contribution is -0.904. The van der Waals surface area contributed by atoms with Crippen LogP contribution >= 0.6 is 0 Å². The molecule has 1 aromatic carbocycles. The Morgan fingerprint density at radius 2 is 1.92 bits per heavy atom. The minimum atomic E-state index is -0.516. The number of rotatable bonds is 8. The molecule has 0 saturated carbocycles. The van der Waals surface area contributed by atoms with Crippen molar-refractivity contribution in [1.82, 2.24) is 0 Å². The molecule has 1 aromatic heterocycles. The van der Waals surface area contributed by atoms with Gasteiger partial charge in [0.25, 0.3) is 5.91 Å². The topological polar surface area (TPSA) is 82.2 Å². The van der Waals surface area contributed by atoms with E-state index in [-0.39, 0.29) is 18.2 Å². The first kappa shape index (κ1) is 18.5. The van der Waals surface area contributed by atoms with Crippen molar-refractivity contribution < 1.29 is 28.4 Å². The normalized spacial score (nSPS) is 11.6. The second kappa shape index (κ2) is 8.89. The number of esters is 1. The van der Waals surface area contributed by atoms with Gasteiger partial charge in [-0.15, -0.1) is 0 Å². The van der Waals surface area contributed by atoms with E-state index in [1.54, 1.807) is 31.4 Å². The molecule has 2 rings (SSSR count). The van der Waals surface area contributed by atoms with Crippen LogP contribution in [0.4, 0.5) is 5.69 Å². The number of anilines is 1. The van der Waals surface area contributed by atoms with Crippen molar-refractivity contribution in [2.75, 3.05) is 32.6 Å². The average molecular weight is 347 g/mol. The van der Waals surface area contributed by atoms with Gasteiger partial charge < -0.3 is 24.1 Å².